The van der Waals surface area contributed by atoms with Crippen molar-refractivity contribution in [2.45, 2.75) is 39.3 Å². The van der Waals surface area contributed by atoms with E-state index < -0.39 is 12.7 Å². The molecule has 28 heavy (non-hydrogen) atoms. The Bertz CT molecular complexity index is 608. The van der Waals surface area contributed by atoms with Gasteiger partial charge in [-0.3, -0.25) is 9.89 Å². The first-order valence-corrected chi connectivity index (χ1v) is 10.3. The quantitative estimate of drug-likeness (QED) is 0.315. The van der Waals surface area contributed by atoms with Gasteiger partial charge in [0.15, 0.2) is 5.96 Å². The minimum atomic E-state index is -4.14. The van der Waals surface area contributed by atoms with Gasteiger partial charge in [0.25, 0.3) is 0 Å². The Morgan fingerprint density at radius 1 is 1.43 bits per heavy atom. The number of aryl methyl sites for hydroxylation is 1. The summed E-state index contributed by atoms with van der Waals surface area (Å²) in [6.07, 6.45) is 0.530. The van der Waals surface area contributed by atoms with E-state index in [1.165, 1.54) is 9.78 Å². The number of alkyl halides is 3. The number of halogens is 4. The molecule has 162 valence electrons. The van der Waals surface area contributed by atoms with Crippen LogP contribution < -0.4 is 5.32 Å². The van der Waals surface area contributed by atoms with Gasteiger partial charge in [-0.15, -0.1) is 35.3 Å². The third kappa shape index (κ3) is 8.40. The first kappa shape index (κ1) is 25.4. The number of likely N-dealkylation sites (tertiary alicyclic amines) is 1. The van der Waals surface area contributed by atoms with Crippen LogP contribution in [-0.2, 0) is 12.8 Å². The second kappa shape index (κ2) is 12.2. The molecule has 1 aliphatic heterocycles. The van der Waals surface area contributed by atoms with E-state index in [2.05, 4.69) is 27.1 Å². The molecule has 1 aromatic rings. The number of guanidine groups is 1. The zero-order chi connectivity index (χ0) is 19.9. The second-order valence-electron chi connectivity index (χ2n) is 6.84. The predicted molar refractivity (Wildman–Crippen MR) is 120 cm³/mol. The number of nitrogens with one attached hydrogen (secondary N) is 1. The van der Waals surface area contributed by atoms with Crippen molar-refractivity contribution in [1.29, 1.82) is 0 Å². The summed E-state index contributed by atoms with van der Waals surface area (Å²) in [5, 5.41) is 4.47. The molecule has 2 rings (SSSR count). The zero-order valence-corrected chi connectivity index (χ0v) is 19.9. The molecule has 0 bridgehead atoms. The monoisotopic (exact) mass is 533 g/mol. The Hall–Kier alpha value is -0.620. The van der Waals surface area contributed by atoms with Gasteiger partial charge in [0.1, 0.15) is 0 Å². The number of nitrogens with zero attached hydrogens (tertiary/aromatic N) is 4. The summed E-state index contributed by atoms with van der Waals surface area (Å²) in [5.41, 5.74) is 0. The van der Waals surface area contributed by atoms with Gasteiger partial charge in [-0.2, -0.15) is 13.2 Å². The molecular formula is C18H31F3IN5S. The third-order valence-electron chi connectivity index (χ3n) is 4.74. The van der Waals surface area contributed by atoms with Crippen LogP contribution in [-0.4, -0.2) is 73.2 Å². The maximum Gasteiger partial charge on any atom is 0.401 e. The molecule has 5 nitrogen and oxygen atoms in total. The molecule has 10 heteroatoms. The largest absolute Gasteiger partial charge is 0.401 e. The Kier molecular flexibility index (Phi) is 11.0. The molecule has 1 fully saturated rings. The topological polar surface area (TPSA) is 43.8 Å². The normalized spacial score (nSPS) is 17.9. The summed E-state index contributed by atoms with van der Waals surface area (Å²) in [7, 11) is 1.75. The van der Waals surface area contributed by atoms with Crippen LogP contribution in [0.4, 0.5) is 13.2 Å². The van der Waals surface area contributed by atoms with E-state index >= 15 is 0 Å². The van der Waals surface area contributed by atoms with Gasteiger partial charge in [0, 0.05) is 50.7 Å². The van der Waals surface area contributed by atoms with Crippen molar-refractivity contribution in [2.75, 3.05) is 46.3 Å². The number of aromatic nitrogens is 1. The van der Waals surface area contributed by atoms with Crippen molar-refractivity contribution in [2.24, 2.45) is 10.9 Å². The van der Waals surface area contributed by atoms with Crippen LogP contribution in [0.2, 0.25) is 0 Å². The molecule has 1 aromatic heterocycles. The van der Waals surface area contributed by atoms with Gasteiger partial charge in [0.2, 0.25) is 0 Å². The lowest BCUT2D eigenvalue weighted by molar-refractivity contribution is -0.146. The molecule has 1 saturated heterocycles. The zero-order valence-electron chi connectivity index (χ0n) is 16.8. The lowest BCUT2D eigenvalue weighted by atomic mass is 10.1. The Morgan fingerprint density at radius 3 is 2.75 bits per heavy atom. The highest BCUT2D eigenvalue weighted by Crippen LogP contribution is 2.21. The molecule has 0 saturated carbocycles. The first-order chi connectivity index (χ1) is 12.8. The Morgan fingerprint density at radius 2 is 2.18 bits per heavy atom. The fourth-order valence-corrected chi connectivity index (χ4v) is 4.20. The van der Waals surface area contributed by atoms with Crippen LogP contribution in [0.1, 0.15) is 30.2 Å². The van der Waals surface area contributed by atoms with Crippen molar-refractivity contribution < 1.29 is 13.2 Å². The van der Waals surface area contributed by atoms with Gasteiger partial charge >= 0.3 is 6.18 Å². The molecular weight excluding hydrogens is 502 g/mol. The SMILES string of the molecule is CCc1cnc(CCNC(=NC)N2CCC(CN(CC)CC(F)(F)F)C2)s1.I. The molecule has 0 aliphatic carbocycles. The smallest absolute Gasteiger partial charge is 0.356 e. The molecule has 1 atom stereocenters. The Labute approximate surface area is 186 Å². The summed E-state index contributed by atoms with van der Waals surface area (Å²) in [6, 6.07) is 0. The number of rotatable bonds is 8. The van der Waals surface area contributed by atoms with E-state index in [0.717, 1.165) is 49.9 Å². The minimum Gasteiger partial charge on any atom is -0.356 e. The van der Waals surface area contributed by atoms with Gasteiger partial charge in [-0.25, -0.2) is 4.98 Å². The number of aliphatic imine (C=N–C) groups is 1. The van der Waals surface area contributed by atoms with Crippen LogP contribution in [0.3, 0.4) is 0 Å². The first-order valence-electron chi connectivity index (χ1n) is 9.52. The van der Waals surface area contributed by atoms with Gasteiger partial charge in [-0.1, -0.05) is 13.8 Å². The van der Waals surface area contributed by atoms with Crippen LogP contribution in [0.15, 0.2) is 11.2 Å². The average Bonchev–Trinajstić information content (AvgIpc) is 3.26. The van der Waals surface area contributed by atoms with Gasteiger partial charge < -0.3 is 10.2 Å². The molecule has 0 aromatic carbocycles. The number of thiazole rings is 1. The van der Waals surface area contributed by atoms with Crippen molar-refractivity contribution in [3.05, 3.63) is 16.1 Å². The lowest BCUT2D eigenvalue weighted by Crippen LogP contribution is -2.42. The van der Waals surface area contributed by atoms with Crippen LogP contribution in [0.5, 0.6) is 0 Å². The van der Waals surface area contributed by atoms with Crippen molar-refractivity contribution in [1.82, 2.24) is 20.1 Å². The van der Waals surface area contributed by atoms with E-state index in [1.807, 2.05) is 6.20 Å². The van der Waals surface area contributed by atoms with Crippen LogP contribution >= 0.6 is 35.3 Å². The highest BCUT2D eigenvalue weighted by atomic mass is 127. The molecule has 0 radical (unpaired) electrons. The van der Waals surface area contributed by atoms with E-state index in [-0.39, 0.29) is 29.9 Å². The second-order valence-corrected chi connectivity index (χ2v) is 8.04. The molecule has 0 spiro atoms. The van der Waals surface area contributed by atoms with E-state index in [9.17, 15) is 13.2 Å². The summed E-state index contributed by atoms with van der Waals surface area (Å²) >= 11 is 1.74. The van der Waals surface area contributed by atoms with Crippen LogP contribution in [0, 0.1) is 5.92 Å². The summed E-state index contributed by atoms with van der Waals surface area (Å²) < 4.78 is 37.9. The maximum absolute atomic E-state index is 12.6. The molecule has 1 N–H and O–H groups in total. The maximum atomic E-state index is 12.6. The van der Waals surface area contributed by atoms with Crippen molar-refractivity contribution >= 4 is 41.3 Å². The molecule has 1 unspecified atom stereocenters. The van der Waals surface area contributed by atoms with E-state index in [1.54, 1.807) is 25.3 Å². The van der Waals surface area contributed by atoms with Gasteiger partial charge in [-0.05, 0) is 25.3 Å². The number of hydrogen-bond donors (Lipinski definition) is 1. The van der Waals surface area contributed by atoms with E-state index in [4.69, 9.17) is 0 Å². The highest BCUT2D eigenvalue weighted by molar-refractivity contribution is 14.0. The number of hydrogen-bond acceptors (Lipinski definition) is 4. The lowest BCUT2D eigenvalue weighted by Gasteiger charge is -2.26. The third-order valence-corrected chi connectivity index (χ3v) is 5.94. The minimum absolute atomic E-state index is 0. The highest BCUT2D eigenvalue weighted by Gasteiger charge is 2.32. The predicted octanol–water partition coefficient (Wildman–Crippen LogP) is 3.65. The van der Waals surface area contributed by atoms with Crippen LogP contribution in [0.25, 0.3) is 0 Å². The summed E-state index contributed by atoms with van der Waals surface area (Å²) in [4.78, 5) is 13.7. The standard InChI is InChI=1S/C18H30F3N5S.HI/c1-4-15-10-24-16(27-15)6-8-23-17(22-3)26-9-7-14(12-26)11-25(5-2)13-18(19,20)21;/h10,14H,4-9,11-13H2,1-3H3,(H,22,23);1H. The Balaban J connectivity index is 0.00000392. The molecule has 1 aliphatic rings. The molecule has 2 heterocycles. The fourth-order valence-electron chi connectivity index (χ4n) is 3.34. The average molecular weight is 533 g/mol. The van der Waals surface area contributed by atoms with Gasteiger partial charge in [0.05, 0.1) is 11.6 Å². The molecule has 0 amide bonds. The fraction of sp³-hybridized carbons (Fsp3) is 0.778. The van der Waals surface area contributed by atoms with Crippen molar-refractivity contribution in [3.63, 3.8) is 0 Å². The summed E-state index contributed by atoms with van der Waals surface area (Å²) in [6.45, 7) is 6.27. The summed E-state index contributed by atoms with van der Waals surface area (Å²) in [5.74, 6) is 1.06. The van der Waals surface area contributed by atoms with E-state index in [0.29, 0.717) is 13.1 Å². The van der Waals surface area contributed by atoms with Crippen molar-refractivity contribution in [3.8, 4) is 0 Å².